The van der Waals surface area contributed by atoms with Crippen molar-refractivity contribution in [1.29, 1.82) is 0 Å². The molecule has 0 aliphatic carbocycles. The lowest BCUT2D eigenvalue weighted by Crippen LogP contribution is -2.27. The molecule has 2 aliphatic rings. The molecule has 2 aromatic carbocycles. The maximum atomic E-state index is 4.87. The molecule has 0 bridgehead atoms. The number of hydrogen-bond donors (Lipinski definition) is 4. The molecule has 0 saturated carbocycles. The Balaban J connectivity index is 1.23. The molecule has 2 fully saturated rings. The molecule has 2 saturated heterocycles. The van der Waals surface area contributed by atoms with Crippen molar-refractivity contribution in [1.82, 2.24) is 30.6 Å². The standard InChI is InChI=1S/C25H30N6/c1-3-20-22(30-24(28-20)18-5-9-26-10-6-18)14-16(1)13-17-2-4-21-23(15-17)31-25(29-21)19-7-11-27-12-8-19/h1-4,14-15,18-19,26-27H,5-13H2,(H,28,30)(H,29,31). The van der Waals surface area contributed by atoms with Crippen LogP contribution < -0.4 is 10.6 Å². The first-order valence-corrected chi connectivity index (χ1v) is 11.7. The molecule has 6 nitrogen and oxygen atoms in total. The lowest BCUT2D eigenvalue weighted by molar-refractivity contribution is 0.448. The average molecular weight is 415 g/mol. The van der Waals surface area contributed by atoms with Crippen LogP contribution in [-0.2, 0) is 6.42 Å². The van der Waals surface area contributed by atoms with Crippen molar-refractivity contribution in [2.75, 3.05) is 26.2 Å². The van der Waals surface area contributed by atoms with E-state index in [-0.39, 0.29) is 0 Å². The summed E-state index contributed by atoms with van der Waals surface area (Å²) in [6.45, 7) is 4.34. The zero-order valence-electron chi connectivity index (χ0n) is 17.9. The van der Waals surface area contributed by atoms with E-state index < -0.39 is 0 Å². The molecule has 6 rings (SSSR count). The maximum absolute atomic E-state index is 4.87. The number of benzene rings is 2. The highest BCUT2D eigenvalue weighted by Crippen LogP contribution is 2.27. The molecule has 0 radical (unpaired) electrons. The molecular weight excluding hydrogens is 384 g/mol. The average Bonchev–Trinajstić information content (AvgIpc) is 3.44. The summed E-state index contributed by atoms with van der Waals surface area (Å²) in [5, 5.41) is 6.87. The van der Waals surface area contributed by atoms with Crippen LogP contribution in [0.15, 0.2) is 36.4 Å². The first-order chi connectivity index (χ1) is 15.3. The molecule has 0 atom stereocenters. The van der Waals surface area contributed by atoms with Crippen LogP contribution in [0.2, 0.25) is 0 Å². The fourth-order valence-corrected chi connectivity index (χ4v) is 5.19. The van der Waals surface area contributed by atoms with Crippen molar-refractivity contribution in [3.05, 3.63) is 59.2 Å². The minimum Gasteiger partial charge on any atom is -0.342 e. The molecule has 160 valence electrons. The highest BCUT2D eigenvalue weighted by atomic mass is 15.0. The van der Waals surface area contributed by atoms with Crippen LogP contribution in [0.4, 0.5) is 0 Å². The van der Waals surface area contributed by atoms with Gasteiger partial charge in [0.25, 0.3) is 0 Å². The second-order valence-electron chi connectivity index (χ2n) is 9.17. The van der Waals surface area contributed by atoms with E-state index in [4.69, 9.17) is 9.97 Å². The van der Waals surface area contributed by atoms with Gasteiger partial charge in [-0.2, -0.15) is 0 Å². The van der Waals surface area contributed by atoms with Gasteiger partial charge in [0.05, 0.1) is 22.1 Å². The molecule has 4 N–H and O–H groups in total. The lowest BCUT2D eigenvalue weighted by Gasteiger charge is -2.20. The monoisotopic (exact) mass is 414 g/mol. The zero-order valence-corrected chi connectivity index (χ0v) is 17.9. The summed E-state index contributed by atoms with van der Waals surface area (Å²) in [6, 6.07) is 13.3. The van der Waals surface area contributed by atoms with Gasteiger partial charge in [-0.05, 0) is 93.7 Å². The maximum Gasteiger partial charge on any atom is 0.110 e. The molecule has 2 aromatic heterocycles. The predicted octanol–water partition coefficient (Wildman–Crippen LogP) is 3.96. The Morgan fingerprint density at radius 2 is 1.10 bits per heavy atom. The van der Waals surface area contributed by atoms with Crippen LogP contribution in [0.3, 0.4) is 0 Å². The summed E-state index contributed by atoms with van der Waals surface area (Å²) in [5.74, 6) is 3.40. The minimum atomic E-state index is 0.550. The summed E-state index contributed by atoms with van der Waals surface area (Å²) in [5.41, 5.74) is 7.08. The summed E-state index contributed by atoms with van der Waals surface area (Å²) in [7, 11) is 0. The number of aromatic nitrogens is 4. The van der Waals surface area contributed by atoms with Crippen LogP contribution >= 0.6 is 0 Å². The Bertz CT molecular complexity index is 1100. The summed E-state index contributed by atoms with van der Waals surface area (Å²) in [6.07, 6.45) is 5.56. The minimum absolute atomic E-state index is 0.550. The fraction of sp³-hybridized carbons (Fsp3) is 0.440. The van der Waals surface area contributed by atoms with E-state index >= 15 is 0 Å². The number of fused-ring (bicyclic) bond motifs is 2. The summed E-state index contributed by atoms with van der Waals surface area (Å²) in [4.78, 5) is 16.9. The van der Waals surface area contributed by atoms with Crippen LogP contribution in [0.5, 0.6) is 0 Å². The van der Waals surface area contributed by atoms with E-state index in [1.54, 1.807) is 0 Å². The number of aromatic amines is 2. The first kappa shape index (κ1) is 19.0. The second-order valence-corrected chi connectivity index (χ2v) is 9.17. The number of H-pyrrole nitrogens is 2. The molecule has 6 heteroatoms. The Labute approximate surface area is 182 Å². The van der Waals surface area contributed by atoms with Crippen molar-refractivity contribution in [2.24, 2.45) is 0 Å². The van der Waals surface area contributed by atoms with Gasteiger partial charge in [0.1, 0.15) is 11.6 Å². The van der Waals surface area contributed by atoms with Crippen molar-refractivity contribution in [2.45, 2.75) is 43.9 Å². The molecule has 4 heterocycles. The Hall–Kier alpha value is -2.70. The van der Waals surface area contributed by atoms with Gasteiger partial charge in [0.15, 0.2) is 0 Å². The Morgan fingerprint density at radius 1 is 0.645 bits per heavy atom. The Kier molecular flexibility index (Phi) is 4.97. The van der Waals surface area contributed by atoms with Gasteiger partial charge in [-0.25, -0.2) is 9.97 Å². The van der Waals surface area contributed by atoms with Crippen LogP contribution in [0, 0.1) is 0 Å². The lowest BCUT2D eigenvalue weighted by atomic mass is 9.98. The molecule has 0 unspecified atom stereocenters. The quantitative estimate of drug-likeness (QED) is 0.407. The van der Waals surface area contributed by atoms with Crippen LogP contribution in [-0.4, -0.2) is 46.1 Å². The van der Waals surface area contributed by atoms with Crippen molar-refractivity contribution in [3.8, 4) is 0 Å². The van der Waals surface area contributed by atoms with Gasteiger partial charge in [0, 0.05) is 11.8 Å². The second kappa shape index (κ2) is 8.09. The fourth-order valence-electron chi connectivity index (χ4n) is 5.19. The largest absolute Gasteiger partial charge is 0.342 e. The van der Waals surface area contributed by atoms with E-state index in [0.717, 1.165) is 92.0 Å². The number of imidazole rings is 2. The number of nitrogens with one attached hydrogen (secondary N) is 4. The Morgan fingerprint density at radius 3 is 1.55 bits per heavy atom. The van der Waals surface area contributed by atoms with Gasteiger partial charge in [-0.3, -0.25) is 0 Å². The third-order valence-electron chi connectivity index (χ3n) is 6.99. The van der Waals surface area contributed by atoms with E-state index in [2.05, 4.69) is 57.0 Å². The van der Waals surface area contributed by atoms with Crippen molar-refractivity contribution >= 4 is 22.1 Å². The topological polar surface area (TPSA) is 81.4 Å². The van der Waals surface area contributed by atoms with Crippen LogP contribution in [0.25, 0.3) is 22.1 Å². The third kappa shape index (κ3) is 3.86. The molecular formula is C25H30N6. The number of nitrogens with zero attached hydrogens (tertiary/aromatic N) is 2. The van der Waals surface area contributed by atoms with Gasteiger partial charge in [-0.15, -0.1) is 0 Å². The highest BCUT2D eigenvalue weighted by molar-refractivity contribution is 5.77. The normalized spacial score (nSPS) is 18.8. The van der Waals surface area contributed by atoms with Gasteiger partial charge in [-0.1, -0.05) is 12.1 Å². The van der Waals surface area contributed by atoms with Gasteiger partial charge >= 0.3 is 0 Å². The first-order valence-electron chi connectivity index (χ1n) is 11.7. The molecule has 0 spiro atoms. The molecule has 2 aliphatic heterocycles. The van der Waals surface area contributed by atoms with E-state index in [1.807, 2.05) is 0 Å². The SMILES string of the molecule is c1cc2nc(C3CCNCC3)[nH]c2cc1Cc1ccc2nc(C3CCNCC3)[nH]c2c1. The van der Waals surface area contributed by atoms with Gasteiger partial charge in [0.2, 0.25) is 0 Å². The molecule has 31 heavy (non-hydrogen) atoms. The van der Waals surface area contributed by atoms with E-state index in [1.165, 1.54) is 11.1 Å². The number of piperidine rings is 2. The summed E-state index contributed by atoms with van der Waals surface area (Å²) >= 11 is 0. The van der Waals surface area contributed by atoms with Crippen LogP contribution in [0.1, 0.15) is 60.3 Å². The highest BCUT2D eigenvalue weighted by Gasteiger charge is 2.20. The zero-order chi connectivity index (χ0) is 20.6. The summed E-state index contributed by atoms with van der Waals surface area (Å²) < 4.78 is 0. The van der Waals surface area contributed by atoms with Gasteiger partial charge < -0.3 is 20.6 Å². The smallest absolute Gasteiger partial charge is 0.110 e. The van der Waals surface area contributed by atoms with E-state index in [0.29, 0.717) is 11.8 Å². The predicted molar refractivity (Wildman–Crippen MR) is 125 cm³/mol. The van der Waals surface area contributed by atoms with Crippen molar-refractivity contribution < 1.29 is 0 Å². The molecule has 0 amide bonds. The number of hydrogen-bond acceptors (Lipinski definition) is 4. The van der Waals surface area contributed by atoms with Crippen molar-refractivity contribution in [3.63, 3.8) is 0 Å². The third-order valence-corrected chi connectivity index (χ3v) is 6.99. The molecule has 4 aromatic rings. The van der Waals surface area contributed by atoms with E-state index in [9.17, 15) is 0 Å². The number of rotatable bonds is 4.